The third-order valence-electron chi connectivity index (χ3n) is 4.89. The number of aromatic amines is 1. The molecule has 1 aliphatic rings. The Labute approximate surface area is 168 Å². The molecule has 0 saturated carbocycles. The van der Waals surface area contributed by atoms with Crippen molar-refractivity contribution in [3.63, 3.8) is 0 Å². The standard InChI is InChI=1S/C21H15F4N3O2/c22-15-6-2-3-12(10-15)18-26-17-7-8-28(11-16(17)19(29)27-18)20(30)13-4-1-5-14(9-13)21(23,24)25/h1-6,9-10H,7-8,11H2,(H,26,27,29). The van der Waals surface area contributed by atoms with Gasteiger partial charge in [-0.1, -0.05) is 18.2 Å². The van der Waals surface area contributed by atoms with Crippen LogP contribution in [0, 0.1) is 5.82 Å². The van der Waals surface area contributed by atoms with Gasteiger partial charge in [-0.2, -0.15) is 13.2 Å². The van der Waals surface area contributed by atoms with Gasteiger partial charge in [0.05, 0.1) is 23.4 Å². The summed E-state index contributed by atoms with van der Waals surface area (Å²) in [6.07, 6.45) is -4.30. The summed E-state index contributed by atoms with van der Waals surface area (Å²) in [5.41, 5.74) is -0.329. The molecule has 0 saturated heterocycles. The number of benzene rings is 2. The minimum Gasteiger partial charge on any atom is -0.334 e. The number of carbonyl (C=O) groups is 1. The molecule has 2 aromatic carbocycles. The Morgan fingerprint density at radius 2 is 1.87 bits per heavy atom. The van der Waals surface area contributed by atoms with Crippen LogP contribution in [-0.4, -0.2) is 27.3 Å². The van der Waals surface area contributed by atoms with Crippen molar-refractivity contribution in [3.8, 4) is 11.4 Å². The molecule has 0 unspecified atom stereocenters. The number of halogens is 4. The topological polar surface area (TPSA) is 66.1 Å². The molecule has 5 nitrogen and oxygen atoms in total. The van der Waals surface area contributed by atoms with E-state index in [-0.39, 0.29) is 36.5 Å². The molecule has 154 valence electrons. The largest absolute Gasteiger partial charge is 0.416 e. The molecule has 0 atom stereocenters. The van der Waals surface area contributed by atoms with E-state index in [1.54, 1.807) is 6.07 Å². The number of hydrogen-bond acceptors (Lipinski definition) is 3. The van der Waals surface area contributed by atoms with E-state index in [1.807, 2.05) is 0 Å². The second-order valence-corrected chi connectivity index (χ2v) is 6.91. The number of rotatable bonds is 2. The second-order valence-electron chi connectivity index (χ2n) is 6.91. The van der Waals surface area contributed by atoms with E-state index in [4.69, 9.17) is 0 Å². The van der Waals surface area contributed by atoms with Crippen LogP contribution in [0.1, 0.15) is 27.2 Å². The average Bonchev–Trinajstić information content (AvgIpc) is 2.72. The van der Waals surface area contributed by atoms with Gasteiger partial charge in [0.25, 0.3) is 11.5 Å². The lowest BCUT2D eigenvalue weighted by Crippen LogP contribution is -2.39. The number of nitrogens with zero attached hydrogens (tertiary/aromatic N) is 2. The van der Waals surface area contributed by atoms with Crippen LogP contribution in [0.25, 0.3) is 11.4 Å². The minimum atomic E-state index is -4.56. The van der Waals surface area contributed by atoms with Gasteiger partial charge in [0.15, 0.2) is 0 Å². The maximum Gasteiger partial charge on any atom is 0.416 e. The first-order valence-corrected chi connectivity index (χ1v) is 9.07. The fourth-order valence-electron chi connectivity index (χ4n) is 3.38. The number of amides is 1. The second kappa shape index (κ2) is 7.40. The molecule has 0 aliphatic carbocycles. The Balaban J connectivity index is 1.61. The molecule has 2 heterocycles. The van der Waals surface area contributed by atoms with Crippen molar-refractivity contribution < 1.29 is 22.4 Å². The Hall–Kier alpha value is -3.49. The fraction of sp³-hybridized carbons (Fsp3) is 0.190. The van der Waals surface area contributed by atoms with Gasteiger partial charge in [-0.25, -0.2) is 9.37 Å². The molecule has 1 amide bonds. The van der Waals surface area contributed by atoms with Crippen LogP contribution in [0.4, 0.5) is 17.6 Å². The van der Waals surface area contributed by atoms with Gasteiger partial charge in [-0.3, -0.25) is 9.59 Å². The Morgan fingerprint density at radius 3 is 2.60 bits per heavy atom. The van der Waals surface area contributed by atoms with Crippen LogP contribution >= 0.6 is 0 Å². The highest BCUT2D eigenvalue weighted by Gasteiger charge is 2.32. The van der Waals surface area contributed by atoms with Crippen LogP contribution in [-0.2, 0) is 19.1 Å². The average molecular weight is 417 g/mol. The molecule has 3 aromatic rings. The molecule has 0 spiro atoms. The number of hydrogen-bond donors (Lipinski definition) is 1. The molecule has 0 fully saturated rings. The predicted molar refractivity (Wildman–Crippen MR) is 100 cm³/mol. The van der Waals surface area contributed by atoms with Gasteiger partial charge < -0.3 is 9.88 Å². The fourth-order valence-corrected chi connectivity index (χ4v) is 3.38. The molecular formula is C21H15F4N3O2. The van der Waals surface area contributed by atoms with Gasteiger partial charge in [-0.15, -0.1) is 0 Å². The lowest BCUT2D eigenvalue weighted by Gasteiger charge is -2.28. The summed E-state index contributed by atoms with van der Waals surface area (Å²) in [6.45, 7) is 0.122. The van der Waals surface area contributed by atoms with Crippen molar-refractivity contribution in [2.24, 2.45) is 0 Å². The van der Waals surface area contributed by atoms with Gasteiger partial charge in [-0.05, 0) is 30.3 Å². The smallest absolute Gasteiger partial charge is 0.334 e. The molecular weight excluding hydrogens is 402 g/mol. The number of aromatic nitrogens is 2. The molecule has 30 heavy (non-hydrogen) atoms. The Kier molecular flexibility index (Phi) is 4.89. The highest BCUT2D eigenvalue weighted by molar-refractivity contribution is 5.94. The highest BCUT2D eigenvalue weighted by Crippen LogP contribution is 2.30. The molecule has 1 aliphatic heterocycles. The van der Waals surface area contributed by atoms with Gasteiger partial charge in [0.1, 0.15) is 11.6 Å². The van der Waals surface area contributed by atoms with Crippen LogP contribution < -0.4 is 5.56 Å². The highest BCUT2D eigenvalue weighted by atomic mass is 19.4. The van der Waals surface area contributed by atoms with Crippen LogP contribution in [0.5, 0.6) is 0 Å². The third kappa shape index (κ3) is 3.83. The molecule has 0 bridgehead atoms. The summed E-state index contributed by atoms with van der Waals surface area (Å²) in [5.74, 6) is -0.845. The van der Waals surface area contributed by atoms with Gasteiger partial charge >= 0.3 is 6.18 Å². The van der Waals surface area contributed by atoms with E-state index in [2.05, 4.69) is 9.97 Å². The lowest BCUT2D eigenvalue weighted by molar-refractivity contribution is -0.137. The number of fused-ring (bicyclic) bond motifs is 1. The molecule has 0 radical (unpaired) electrons. The summed E-state index contributed by atoms with van der Waals surface area (Å²) >= 11 is 0. The first-order chi connectivity index (χ1) is 14.2. The van der Waals surface area contributed by atoms with Crippen LogP contribution in [0.3, 0.4) is 0 Å². The minimum absolute atomic E-state index is 0.0732. The van der Waals surface area contributed by atoms with E-state index in [9.17, 15) is 27.2 Å². The summed E-state index contributed by atoms with van der Waals surface area (Å²) < 4.78 is 52.2. The maximum absolute atomic E-state index is 13.5. The zero-order valence-electron chi connectivity index (χ0n) is 15.5. The van der Waals surface area contributed by atoms with Crippen LogP contribution in [0.2, 0.25) is 0 Å². The maximum atomic E-state index is 13.5. The molecule has 9 heteroatoms. The number of carbonyl (C=O) groups excluding carboxylic acids is 1. The van der Waals surface area contributed by atoms with Crippen molar-refractivity contribution in [3.05, 3.63) is 87.1 Å². The summed E-state index contributed by atoms with van der Waals surface area (Å²) in [4.78, 5) is 33.6. The lowest BCUT2D eigenvalue weighted by atomic mass is 10.0. The van der Waals surface area contributed by atoms with E-state index in [0.717, 1.165) is 12.1 Å². The van der Waals surface area contributed by atoms with Gasteiger partial charge in [0, 0.05) is 24.1 Å². The Morgan fingerprint density at radius 1 is 1.10 bits per heavy atom. The monoisotopic (exact) mass is 417 g/mol. The molecule has 1 aromatic heterocycles. The normalized spacial score (nSPS) is 13.8. The summed E-state index contributed by atoms with van der Waals surface area (Å²) in [5, 5.41) is 0. The van der Waals surface area contributed by atoms with Crippen molar-refractivity contribution in [1.29, 1.82) is 0 Å². The number of H-pyrrole nitrogens is 1. The molecule has 4 rings (SSSR count). The summed E-state index contributed by atoms with van der Waals surface area (Å²) in [7, 11) is 0. The SMILES string of the molecule is O=C(c1cccc(C(F)(F)F)c1)N1CCc2nc(-c3cccc(F)c3)[nH]c(=O)c2C1. The third-order valence-corrected chi connectivity index (χ3v) is 4.89. The van der Waals surface area contributed by atoms with E-state index >= 15 is 0 Å². The quantitative estimate of drug-likeness (QED) is 0.646. The van der Waals surface area contributed by atoms with Crippen molar-refractivity contribution in [1.82, 2.24) is 14.9 Å². The molecule has 1 N–H and O–H groups in total. The van der Waals surface area contributed by atoms with E-state index in [1.165, 1.54) is 35.2 Å². The Bertz CT molecular complexity index is 1190. The zero-order valence-corrected chi connectivity index (χ0v) is 15.5. The van der Waals surface area contributed by atoms with Gasteiger partial charge in [0.2, 0.25) is 0 Å². The zero-order chi connectivity index (χ0) is 21.5. The number of alkyl halides is 3. The predicted octanol–water partition coefficient (Wildman–Crippen LogP) is 3.79. The first kappa shape index (κ1) is 19.8. The van der Waals surface area contributed by atoms with E-state index < -0.39 is 29.0 Å². The first-order valence-electron chi connectivity index (χ1n) is 9.07. The van der Waals surface area contributed by atoms with Crippen molar-refractivity contribution >= 4 is 5.91 Å². The summed E-state index contributed by atoms with van der Waals surface area (Å²) in [6, 6.07) is 9.81. The van der Waals surface area contributed by atoms with Crippen LogP contribution in [0.15, 0.2) is 53.3 Å². The number of nitrogens with one attached hydrogen (secondary N) is 1. The van der Waals surface area contributed by atoms with Crippen molar-refractivity contribution in [2.45, 2.75) is 19.1 Å². The van der Waals surface area contributed by atoms with E-state index in [0.29, 0.717) is 11.3 Å². The van der Waals surface area contributed by atoms with Crippen molar-refractivity contribution in [2.75, 3.05) is 6.54 Å².